The molecule has 3 saturated heterocycles. The monoisotopic (exact) mass is 908 g/mol. The van der Waals surface area contributed by atoms with Gasteiger partial charge in [-0.15, -0.1) is 0 Å². The Kier molecular flexibility index (Phi) is 29.6. The molecule has 0 aromatic heterocycles. The van der Waals surface area contributed by atoms with Crippen LogP contribution in [0.25, 0.3) is 0 Å². The molecule has 16 nitrogen and oxygen atoms in total. The number of aliphatic hydroxyl groups excluding tert-OH is 4. The third kappa shape index (κ3) is 19.8. The number of nitrogens with zero attached hydrogens (tertiary/aromatic N) is 2. The minimum Gasteiger partial charge on any atom is -0.462 e. The van der Waals surface area contributed by atoms with Gasteiger partial charge in [0.15, 0.2) is 12.6 Å². The van der Waals surface area contributed by atoms with Crippen molar-refractivity contribution in [1.82, 2.24) is 10.3 Å². The number of hydrogen-bond acceptors (Lipinski definition) is 15. The minimum absolute atomic E-state index is 0.01000. The first-order valence-electron chi connectivity index (χ1n) is 22.0. The molecule has 1 aromatic carbocycles. The van der Waals surface area contributed by atoms with Crippen LogP contribution < -0.4 is 5.43 Å². The molecular formula is C45H82ClN3O13. The summed E-state index contributed by atoms with van der Waals surface area (Å²) in [4.78, 5) is 27.8. The van der Waals surface area contributed by atoms with Crippen LogP contribution in [0.3, 0.4) is 0 Å². The summed E-state index contributed by atoms with van der Waals surface area (Å²) < 4.78 is 32.8. The van der Waals surface area contributed by atoms with Gasteiger partial charge in [0.05, 0.1) is 42.5 Å². The van der Waals surface area contributed by atoms with Gasteiger partial charge >= 0.3 is 5.97 Å². The second kappa shape index (κ2) is 30.7. The molecule has 0 spiro atoms. The Morgan fingerprint density at radius 1 is 0.887 bits per heavy atom. The van der Waals surface area contributed by atoms with Crippen molar-refractivity contribution in [2.75, 3.05) is 42.0 Å². The van der Waals surface area contributed by atoms with Crippen LogP contribution in [0.15, 0.2) is 29.4 Å². The van der Waals surface area contributed by atoms with Crippen molar-refractivity contribution >= 4 is 29.2 Å². The highest BCUT2D eigenvalue weighted by Gasteiger charge is 2.41. The van der Waals surface area contributed by atoms with E-state index >= 15 is 0 Å². The quantitative estimate of drug-likeness (QED) is 0.160. The number of hydrogen-bond donors (Lipinski definition) is 6. The fraction of sp³-hybridized carbons (Fsp3) is 0.800. The van der Waals surface area contributed by atoms with E-state index in [1.165, 1.54) is 6.92 Å². The Labute approximate surface area is 376 Å². The maximum absolute atomic E-state index is 13.2. The molecule has 6 N–H and O–H groups in total. The zero-order valence-corrected chi connectivity index (χ0v) is 40.8. The number of carbonyl (C=O) groups excluding carboxylic acids is 2. The molecule has 1 amide bonds. The zero-order chi connectivity index (χ0) is 47.9. The molecule has 11 unspecified atom stereocenters. The summed E-state index contributed by atoms with van der Waals surface area (Å²) in [5.74, 6) is -2.48. The van der Waals surface area contributed by atoms with Crippen LogP contribution in [-0.4, -0.2) is 157 Å². The fourth-order valence-electron chi connectivity index (χ4n) is 7.08. The van der Waals surface area contributed by atoms with Gasteiger partial charge in [0.1, 0.15) is 18.3 Å². The summed E-state index contributed by atoms with van der Waals surface area (Å²) in [6.45, 7) is 17.9. The number of esters is 1. The van der Waals surface area contributed by atoms with Crippen LogP contribution in [0.5, 0.6) is 0 Å². The van der Waals surface area contributed by atoms with Gasteiger partial charge in [0.25, 0.3) is 5.91 Å². The summed E-state index contributed by atoms with van der Waals surface area (Å²) >= 11 is 5.93. The molecule has 17 heteroatoms. The van der Waals surface area contributed by atoms with Gasteiger partial charge in [0, 0.05) is 56.0 Å². The van der Waals surface area contributed by atoms with Gasteiger partial charge in [-0.3, -0.25) is 9.59 Å². The summed E-state index contributed by atoms with van der Waals surface area (Å²) in [6.07, 6.45) is -2.61. The van der Waals surface area contributed by atoms with Crippen LogP contribution >= 0.6 is 11.6 Å². The average Bonchev–Trinajstić information content (AvgIpc) is 3.24. The van der Waals surface area contributed by atoms with Crippen molar-refractivity contribution in [3.05, 3.63) is 34.9 Å². The number of aliphatic hydroxyl groups is 5. The Balaban J connectivity index is 0.00000163. The number of halogens is 1. The van der Waals surface area contributed by atoms with Crippen molar-refractivity contribution in [2.24, 2.45) is 22.9 Å². The van der Waals surface area contributed by atoms with E-state index in [1.54, 1.807) is 66.4 Å². The van der Waals surface area contributed by atoms with E-state index in [0.29, 0.717) is 48.4 Å². The molecular weight excluding hydrogens is 826 g/mol. The molecule has 0 radical (unpaired) electrons. The number of likely N-dealkylation sites (N-methyl/N-ethyl adjacent to an activating group) is 1. The number of rotatable bonds is 6. The van der Waals surface area contributed by atoms with Crippen molar-refractivity contribution in [3.8, 4) is 0 Å². The number of carbonyl (C=O) groups is 2. The second-order valence-corrected chi connectivity index (χ2v) is 16.6. The van der Waals surface area contributed by atoms with E-state index in [4.69, 9.17) is 35.3 Å². The Morgan fingerprint density at radius 2 is 1.47 bits per heavy atom. The highest BCUT2D eigenvalue weighted by atomic mass is 35.5. The maximum atomic E-state index is 13.2. The molecule has 4 rings (SSSR count). The van der Waals surface area contributed by atoms with E-state index in [-0.39, 0.29) is 24.2 Å². The zero-order valence-electron chi connectivity index (χ0n) is 40.0. The lowest BCUT2D eigenvalue weighted by molar-refractivity contribution is -0.255. The number of benzene rings is 1. The third-order valence-electron chi connectivity index (χ3n) is 10.9. The van der Waals surface area contributed by atoms with Crippen molar-refractivity contribution in [2.45, 2.75) is 175 Å². The third-order valence-corrected chi connectivity index (χ3v) is 11.2. The topological polar surface area (TPSA) is 218 Å². The van der Waals surface area contributed by atoms with Crippen LogP contribution in [0.2, 0.25) is 5.02 Å². The molecule has 3 aliphatic rings. The number of amides is 1. The molecule has 14 atom stereocenters. The lowest BCUT2D eigenvalue weighted by Gasteiger charge is -2.39. The van der Waals surface area contributed by atoms with Gasteiger partial charge in [-0.25, -0.2) is 5.43 Å². The molecule has 1 aromatic rings. The highest BCUT2D eigenvalue weighted by molar-refractivity contribution is 6.30. The number of cyclic esters (lactones) is 1. The second-order valence-electron chi connectivity index (χ2n) is 16.2. The molecule has 62 heavy (non-hydrogen) atoms. The lowest BCUT2D eigenvalue weighted by atomic mass is 9.84. The molecule has 3 fully saturated rings. The number of methoxy groups -OCH3 is 2. The van der Waals surface area contributed by atoms with E-state index in [0.717, 1.165) is 6.42 Å². The lowest BCUT2D eigenvalue weighted by Crippen LogP contribution is -2.53. The first-order chi connectivity index (χ1) is 29.2. The normalized spacial score (nSPS) is 35.1. The van der Waals surface area contributed by atoms with E-state index in [1.807, 2.05) is 60.5 Å². The molecule has 0 bridgehead atoms. The van der Waals surface area contributed by atoms with E-state index < -0.39 is 79.0 Å². The van der Waals surface area contributed by atoms with Gasteiger partial charge < -0.3 is 58.9 Å². The number of nitrogens with one attached hydrogen (secondary N) is 1. The summed E-state index contributed by atoms with van der Waals surface area (Å²) in [7, 11) is 8.62. The number of hydrazone groups is 1. The Morgan fingerprint density at radius 3 is 2.00 bits per heavy atom. The van der Waals surface area contributed by atoms with Crippen molar-refractivity contribution in [1.29, 1.82) is 0 Å². The molecule has 3 heterocycles. The highest BCUT2D eigenvalue weighted by Crippen LogP contribution is 2.31. The Bertz CT molecular complexity index is 1390. The van der Waals surface area contributed by atoms with Crippen molar-refractivity contribution < 1.29 is 63.5 Å². The maximum Gasteiger partial charge on any atom is 0.311 e. The van der Waals surface area contributed by atoms with Crippen LogP contribution in [0.4, 0.5) is 0 Å². The first-order valence-corrected chi connectivity index (χ1v) is 22.3. The summed E-state index contributed by atoms with van der Waals surface area (Å²) in [5.41, 5.74) is 1.53. The molecule has 0 saturated carbocycles. The molecule has 362 valence electrons. The SMILES string of the molecule is CC.CC.CC1CC(N(C)C)C(O)C(O)O1.COC.COC1CC/C(=N\NC(=O)c2ccc(Cl)cc2)C(C)C(O)C(C)(O)COC(=O)C(C)[C@@H](O[C@H]2CC(C)[C@@H](O)C(C)O2)CC1. The molecule has 3 aliphatic heterocycles. The van der Waals surface area contributed by atoms with Crippen LogP contribution in [0, 0.1) is 17.8 Å². The minimum atomic E-state index is -1.82. The van der Waals surface area contributed by atoms with E-state index in [9.17, 15) is 35.1 Å². The molecule has 0 aliphatic carbocycles. The average molecular weight is 909 g/mol. The smallest absolute Gasteiger partial charge is 0.311 e. The van der Waals surface area contributed by atoms with Crippen LogP contribution in [-0.2, 0) is 33.2 Å². The standard InChI is InChI=1S/C31H47ClN2O9.C8H17NO3.C2H6O.2C2H6/c1-17-15-26(42-20(4)27(17)35)43-25-14-12-23(40-6)11-13-24(33-34-29(37)21-7-9-22(32)10-8-21)18(2)28(36)31(5,39)16-41-30(38)19(25)3;1-5-4-6(9(2)3)7(10)8(11)12-5;1-3-2;2*1-2/h7-10,17-20,23,25-28,35-36,39H,11-16H2,1-6H3,(H,34,37);5-8,10-11H,4H2,1-3H3;1-2H3;2*1-2H3/b33-24+;;;;/t17?,18?,19?,20?,23?,25-,26-,27+,28?,31?;;;;/m0..../s1. The van der Waals surface area contributed by atoms with Crippen LogP contribution in [0.1, 0.15) is 118 Å². The summed E-state index contributed by atoms with van der Waals surface area (Å²) in [6, 6.07) is 6.34. The fourth-order valence-corrected chi connectivity index (χ4v) is 7.20. The van der Waals surface area contributed by atoms with Gasteiger partial charge in [-0.05, 0) is 104 Å². The predicted molar refractivity (Wildman–Crippen MR) is 241 cm³/mol. The van der Waals surface area contributed by atoms with Crippen molar-refractivity contribution in [3.63, 3.8) is 0 Å². The summed E-state index contributed by atoms with van der Waals surface area (Å²) in [5, 5.41) is 56.2. The Hall–Kier alpha value is -2.32. The van der Waals surface area contributed by atoms with Gasteiger partial charge in [0.2, 0.25) is 0 Å². The van der Waals surface area contributed by atoms with Gasteiger partial charge in [-0.1, -0.05) is 53.1 Å². The van der Waals surface area contributed by atoms with Gasteiger partial charge in [-0.2, -0.15) is 5.10 Å². The largest absolute Gasteiger partial charge is 0.462 e. The first kappa shape index (κ1) is 59.7. The van der Waals surface area contributed by atoms with E-state index in [2.05, 4.69) is 15.3 Å². The number of ether oxygens (including phenoxy) is 6. The predicted octanol–water partition coefficient (Wildman–Crippen LogP) is 5.18.